The number of esters is 1. The van der Waals surface area contributed by atoms with Crippen molar-refractivity contribution in [1.82, 2.24) is 0 Å². The number of halogens is 2. The Morgan fingerprint density at radius 3 is 2.56 bits per heavy atom. The zero-order valence-corrected chi connectivity index (χ0v) is 10.7. The number of hydrogen-bond acceptors (Lipinski definition) is 3. The fourth-order valence-corrected chi connectivity index (χ4v) is 1.81. The predicted octanol–water partition coefficient (Wildman–Crippen LogP) is 2.35. The molecule has 0 aromatic heterocycles. The van der Waals surface area contributed by atoms with Crippen LogP contribution in [0.3, 0.4) is 0 Å². The van der Waals surface area contributed by atoms with E-state index in [0.29, 0.717) is 0 Å². The average molecular weight is 257 g/mol. The van der Waals surface area contributed by atoms with Crippen LogP contribution in [-0.4, -0.2) is 18.6 Å². The summed E-state index contributed by atoms with van der Waals surface area (Å²) in [6, 6.07) is 3.85. The van der Waals surface area contributed by atoms with E-state index in [0.717, 1.165) is 6.07 Å². The highest BCUT2D eigenvalue weighted by Crippen LogP contribution is 2.32. The van der Waals surface area contributed by atoms with Gasteiger partial charge in [-0.15, -0.1) is 0 Å². The van der Waals surface area contributed by atoms with Crippen LogP contribution in [0.2, 0.25) is 0 Å². The van der Waals surface area contributed by atoms with Crippen molar-refractivity contribution in [2.24, 2.45) is 5.73 Å². The molecule has 0 saturated heterocycles. The molecule has 2 N–H and O–H groups in total. The first-order chi connectivity index (χ1) is 8.27. The fraction of sp³-hybridized carbons (Fsp3) is 0.462. The molecule has 1 atom stereocenters. The maximum absolute atomic E-state index is 13.8. The van der Waals surface area contributed by atoms with E-state index in [-0.39, 0.29) is 12.0 Å². The van der Waals surface area contributed by atoms with E-state index < -0.39 is 29.1 Å². The molecule has 0 aliphatic carbocycles. The molecule has 0 bridgehead atoms. The quantitative estimate of drug-likeness (QED) is 0.842. The van der Waals surface area contributed by atoms with E-state index in [4.69, 9.17) is 5.73 Å². The lowest BCUT2D eigenvalue weighted by Crippen LogP contribution is -2.41. The Morgan fingerprint density at radius 1 is 1.44 bits per heavy atom. The van der Waals surface area contributed by atoms with Gasteiger partial charge >= 0.3 is 5.97 Å². The van der Waals surface area contributed by atoms with Gasteiger partial charge in [-0.1, -0.05) is 12.1 Å². The molecule has 1 unspecified atom stereocenters. The fourth-order valence-electron chi connectivity index (χ4n) is 1.81. The Bertz CT molecular complexity index is 441. The summed E-state index contributed by atoms with van der Waals surface area (Å²) in [6.07, 6.45) is -0.0969. The highest BCUT2D eigenvalue weighted by atomic mass is 19.2. The number of carbonyl (C=O) groups is 1. The van der Waals surface area contributed by atoms with E-state index >= 15 is 0 Å². The summed E-state index contributed by atoms with van der Waals surface area (Å²) < 4.78 is 31.5. The largest absolute Gasteiger partial charge is 0.469 e. The average Bonchev–Trinajstić information content (AvgIpc) is 2.28. The third-order valence-electron chi connectivity index (χ3n) is 2.85. The number of rotatable bonds is 4. The third kappa shape index (κ3) is 3.26. The van der Waals surface area contributed by atoms with E-state index in [1.165, 1.54) is 19.2 Å². The van der Waals surface area contributed by atoms with Gasteiger partial charge in [-0.25, -0.2) is 8.78 Å². The predicted molar refractivity (Wildman–Crippen MR) is 64.0 cm³/mol. The Morgan fingerprint density at radius 2 is 2.06 bits per heavy atom. The molecule has 0 amide bonds. The van der Waals surface area contributed by atoms with Gasteiger partial charge in [0.2, 0.25) is 0 Å². The van der Waals surface area contributed by atoms with E-state index in [1.807, 2.05) is 0 Å². The monoisotopic (exact) mass is 257 g/mol. The van der Waals surface area contributed by atoms with Crippen LogP contribution in [0.4, 0.5) is 8.78 Å². The first-order valence-corrected chi connectivity index (χ1v) is 5.57. The summed E-state index contributed by atoms with van der Waals surface area (Å²) in [5, 5.41) is 0. The number of ether oxygens (including phenoxy) is 1. The van der Waals surface area contributed by atoms with Crippen molar-refractivity contribution in [3.63, 3.8) is 0 Å². The SMILES string of the molecule is COC(=O)CC(c1cccc(F)c1F)C(C)(C)N. The van der Waals surface area contributed by atoms with Crippen LogP contribution in [0.15, 0.2) is 18.2 Å². The second kappa shape index (κ2) is 5.44. The number of nitrogens with two attached hydrogens (primary N) is 1. The Balaban J connectivity index is 3.18. The smallest absolute Gasteiger partial charge is 0.306 e. The molecule has 18 heavy (non-hydrogen) atoms. The van der Waals surface area contributed by atoms with Crippen LogP contribution in [0.5, 0.6) is 0 Å². The highest BCUT2D eigenvalue weighted by molar-refractivity contribution is 5.70. The number of benzene rings is 1. The van der Waals surface area contributed by atoms with Gasteiger partial charge in [0.05, 0.1) is 13.5 Å². The molecule has 0 aliphatic heterocycles. The lowest BCUT2D eigenvalue weighted by Gasteiger charge is -2.30. The van der Waals surface area contributed by atoms with Crippen LogP contribution in [0.1, 0.15) is 31.7 Å². The number of methoxy groups -OCH3 is 1. The third-order valence-corrected chi connectivity index (χ3v) is 2.85. The Hall–Kier alpha value is -1.49. The van der Waals surface area contributed by atoms with Crippen LogP contribution < -0.4 is 5.73 Å². The molecule has 3 nitrogen and oxygen atoms in total. The van der Waals surface area contributed by atoms with Crippen molar-refractivity contribution in [1.29, 1.82) is 0 Å². The van der Waals surface area contributed by atoms with Crippen molar-refractivity contribution in [2.75, 3.05) is 7.11 Å². The first-order valence-electron chi connectivity index (χ1n) is 5.57. The summed E-state index contributed by atoms with van der Waals surface area (Å²) >= 11 is 0. The minimum Gasteiger partial charge on any atom is -0.469 e. The van der Waals surface area contributed by atoms with Crippen molar-refractivity contribution in [3.8, 4) is 0 Å². The van der Waals surface area contributed by atoms with Gasteiger partial charge in [0, 0.05) is 11.5 Å². The molecular weight excluding hydrogens is 240 g/mol. The second-order valence-corrected chi connectivity index (χ2v) is 4.80. The standard InChI is InChI=1S/C13H17F2NO2/c1-13(2,16)9(7-11(17)18-3)8-5-4-6-10(14)12(8)15/h4-6,9H,7,16H2,1-3H3. The molecule has 0 fully saturated rings. The molecule has 1 aromatic carbocycles. The van der Waals surface area contributed by atoms with Gasteiger partial charge in [0.15, 0.2) is 11.6 Å². The summed E-state index contributed by atoms with van der Waals surface area (Å²) in [4.78, 5) is 11.3. The van der Waals surface area contributed by atoms with Crippen molar-refractivity contribution < 1.29 is 18.3 Å². The van der Waals surface area contributed by atoms with Crippen molar-refractivity contribution in [2.45, 2.75) is 31.7 Å². The van der Waals surface area contributed by atoms with Gasteiger partial charge < -0.3 is 10.5 Å². The topological polar surface area (TPSA) is 52.3 Å². The molecule has 0 radical (unpaired) electrons. The molecule has 1 rings (SSSR count). The summed E-state index contributed by atoms with van der Waals surface area (Å²) in [6.45, 7) is 3.32. The van der Waals surface area contributed by atoms with Gasteiger partial charge in [-0.2, -0.15) is 0 Å². The number of hydrogen-bond donors (Lipinski definition) is 1. The van der Waals surface area contributed by atoms with E-state index in [9.17, 15) is 13.6 Å². The lowest BCUT2D eigenvalue weighted by atomic mass is 9.80. The van der Waals surface area contributed by atoms with E-state index in [2.05, 4.69) is 4.74 Å². The van der Waals surface area contributed by atoms with Crippen molar-refractivity contribution >= 4 is 5.97 Å². The molecule has 0 saturated carbocycles. The maximum atomic E-state index is 13.8. The Labute approximate surface area is 105 Å². The van der Waals surface area contributed by atoms with Gasteiger partial charge in [0.1, 0.15) is 0 Å². The highest BCUT2D eigenvalue weighted by Gasteiger charge is 2.32. The molecule has 100 valence electrons. The van der Waals surface area contributed by atoms with Gasteiger partial charge in [0.25, 0.3) is 0 Å². The van der Waals surface area contributed by atoms with Crippen LogP contribution in [0, 0.1) is 11.6 Å². The zero-order valence-electron chi connectivity index (χ0n) is 10.7. The second-order valence-electron chi connectivity index (χ2n) is 4.80. The van der Waals surface area contributed by atoms with Gasteiger partial charge in [-0.05, 0) is 25.5 Å². The maximum Gasteiger partial charge on any atom is 0.306 e. The number of carbonyl (C=O) groups excluding carboxylic acids is 1. The summed E-state index contributed by atoms with van der Waals surface area (Å²) in [5.41, 5.74) is 5.16. The molecule has 0 heterocycles. The molecule has 0 aliphatic rings. The summed E-state index contributed by atoms with van der Waals surface area (Å²) in [5.74, 6) is -3.08. The Kier molecular flexibility index (Phi) is 4.40. The van der Waals surface area contributed by atoms with Crippen LogP contribution in [-0.2, 0) is 9.53 Å². The molecule has 1 aromatic rings. The van der Waals surface area contributed by atoms with E-state index in [1.54, 1.807) is 13.8 Å². The van der Waals surface area contributed by atoms with Crippen molar-refractivity contribution in [3.05, 3.63) is 35.4 Å². The molecule has 5 heteroatoms. The lowest BCUT2D eigenvalue weighted by molar-refractivity contribution is -0.141. The minimum absolute atomic E-state index is 0.0906. The normalized spacial score (nSPS) is 13.2. The van der Waals surface area contributed by atoms with Gasteiger partial charge in [-0.3, -0.25) is 4.79 Å². The first kappa shape index (κ1) is 14.6. The molecule has 0 spiro atoms. The van der Waals surface area contributed by atoms with Crippen LogP contribution in [0.25, 0.3) is 0 Å². The minimum atomic E-state index is -0.968. The molecular formula is C13H17F2NO2. The zero-order chi connectivity index (χ0) is 13.9. The summed E-state index contributed by atoms with van der Waals surface area (Å²) in [7, 11) is 1.24. The van der Waals surface area contributed by atoms with Crippen LogP contribution >= 0.6 is 0 Å².